The molecule has 1 heterocycles. The Balaban J connectivity index is 1.75. The van der Waals surface area contributed by atoms with Crippen molar-refractivity contribution in [2.45, 2.75) is 19.2 Å². The second-order valence-electron chi connectivity index (χ2n) is 6.03. The Labute approximate surface area is 168 Å². The van der Waals surface area contributed by atoms with Gasteiger partial charge < -0.3 is 10.2 Å². The lowest BCUT2D eigenvalue weighted by atomic mass is 10.1. The molecule has 0 radical (unpaired) electrons. The fourth-order valence-corrected chi connectivity index (χ4v) is 3.94. The number of benzene rings is 2. The van der Waals surface area contributed by atoms with Crippen LogP contribution < -0.4 is 10.2 Å². The summed E-state index contributed by atoms with van der Waals surface area (Å²) in [4.78, 5) is 19.4. The van der Waals surface area contributed by atoms with E-state index in [1.54, 1.807) is 11.3 Å². The number of aromatic nitrogens is 1. The van der Waals surface area contributed by atoms with E-state index in [2.05, 4.69) is 24.1 Å². The third kappa shape index (κ3) is 4.67. The van der Waals surface area contributed by atoms with Crippen LogP contribution in [0.15, 0.2) is 60.0 Å². The van der Waals surface area contributed by atoms with Gasteiger partial charge in [-0.1, -0.05) is 42.5 Å². The van der Waals surface area contributed by atoms with Crippen LogP contribution in [0.4, 0.5) is 10.8 Å². The van der Waals surface area contributed by atoms with Crippen molar-refractivity contribution in [3.63, 3.8) is 0 Å². The van der Waals surface area contributed by atoms with Crippen molar-refractivity contribution in [3.8, 4) is 11.3 Å². The van der Waals surface area contributed by atoms with E-state index in [9.17, 15) is 4.79 Å². The average Bonchev–Trinajstić information content (AvgIpc) is 3.19. The third-order valence-electron chi connectivity index (χ3n) is 4.27. The Kier molecular flexibility index (Phi) is 6.48. The molecule has 27 heavy (non-hydrogen) atoms. The molecule has 1 atom stereocenters. The lowest BCUT2D eigenvalue weighted by Crippen LogP contribution is -2.21. The molecule has 6 heteroatoms. The number of carbonyl (C=O) groups is 1. The molecule has 1 unspecified atom stereocenters. The number of rotatable bonds is 7. The number of hydrogen-bond acceptors (Lipinski definition) is 4. The highest BCUT2D eigenvalue weighted by molar-refractivity contribution is 7.14. The molecule has 1 N–H and O–H groups in total. The van der Waals surface area contributed by atoms with Crippen molar-refractivity contribution in [1.29, 1.82) is 0 Å². The molecule has 0 saturated carbocycles. The average molecular weight is 400 g/mol. The maximum absolute atomic E-state index is 12.5. The second kappa shape index (κ2) is 9.02. The molecule has 3 aromatic rings. The maximum Gasteiger partial charge on any atom is 0.246 e. The van der Waals surface area contributed by atoms with Gasteiger partial charge in [0.15, 0.2) is 5.13 Å². The molecule has 1 aromatic heterocycles. The summed E-state index contributed by atoms with van der Waals surface area (Å²) >= 11 is 7.94. The van der Waals surface area contributed by atoms with Crippen molar-refractivity contribution in [1.82, 2.24) is 4.98 Å². The highest BCUT2D eigenvalue weighted by Crippen LogP contribution is 2.29. The van der Waals surface area contributed by atoms with Crippen LogP contribution in [0.2, 0.25) is 0 Å². The first-order chi connectivity index (χ1) is 13.1. The lowest BCUT2D eigenvalue weighted by molar-refractivity contribution is -0.116. The molecule has 0 saturated heterocycles. The van der Waals surface area contributed by atoms with Crippen molar-refractivity contribution < 1.29 is 4.79 Å². The summed E-state index contributed by atoms with van der Waals surface area (Å²) in [6.45, 7) is 6.10. The molecule has 2 aromatic carbocycles. The van der Waals surface area contributed by atoms with Crippen LogP contribution in [-0.2, 0) is 4.79 Å². The molecule has 1 amide bonds. The zero-order chi connectivity index (χ0) is 19.2. The number of hydrogen-bond donors (Lipinski definition) is 1. The molecule has 0 spiro atoms. The van der Waals surface area contributed by atoms with Gasteiger partial charge in [-0.15, -0.1) is 22.9 Å². The van der Waals surface area contributed by atoms with Crippen LogP contribution in [0.3, 0.4) is 0 Å². The molecule has 140 valence electrons. The van der Waals surface area contributed by atoms with Crippen LogP contribution in [0.25, 0.3) is 11.3 Å². The Morgan fingerprint density at radius 2 is 1.89 bits per heavy atom. The third-order valence-corrected chi connectivity index (χ3v) is 5.63. The largest absolute Gasteiger partial charge is 0.349 e. The molecular formula is C21H22ClN3OS. The van der Waals surface area contributed by atoms with Gasteiger partial charge in [-0.2, -0.15) is 0 Å². The predicted molar refractivity (Wildman–Crippen MR) is 115 cm³/mol. The van der Waals surface area contributed by atoms with E-state index >= 15 is 0 Å². The van der Waals surface area contributed by atoms with Gasteiger partial charge in [0.25, 0.3) is 0 Å². The SMILES string of the molecule is CCN(CC)c1nc(-c2cccc(NC(=O)C(Cl)c3ccccc3)c2)cs1. The van der Waals surface area contributed by atoms with E-state index in [1.165, 1.54) is 0 Å². The first kappa shape index (κ1) is 19.4. The van der Waals surface area contributed by atoms with Gasteiger partial charge in [-0.3, -0.25) is 4.79 Å². The number of anilines is 2. The number of halogens is 1. The number of alkyl halides is 1. The predicted octanol–water partition coefficient (Wildman–Crippen LogP) is 5.57. The molecular weight excluding hydrogens is 378 g/mol. The maximum atomic E-state index is 12.5. The van der Waals surface area contributed by atoms with Crippen molar-refractivity contribution in [2.75, 3.05) is 23.3 Å². The fourth-order valence-electron chi connectivity index (χ4n) is 2.77. The summed E-state index contributed by atoms with van der Waals surface area (Å²) in [5.74, 6) is -0.248. The van der Waals surface area contributed by atoms with E-state index in [0.717, 1.165) is 35.0 Å². The fraction of sp³-hybridized carbons (Fsp3) is 0.238. The lowest BCUT2D eigenvalue weighted by Gasteiger charge is -2.16. The number of thiazole rings is 1. The van der Waals surface area contributed by atoms with E-state index < -0.39 is 5.38 Å². The molecule has 0 aliphatic carbocycles. The van der Waals surface area contributed by atoms with Gasteiger partial charge in [0.1, 0.15) is 5.38 Å². The summed E-state index contributed by atoms with van der Waals surface area (Å²) in [7, 11) is 0. The topological polar surface area (TPSA) is 45.2 Å². The Hall–Kier alpha value is -2.37. The highest BCUT2D eigenvalue weighted by Gasteiger charge is 2.18. The molecule has 3 rings (SSSR count). The van der Waals surface area contributed by atoms with E-state index in [4.69, 9.17) is 16.6 Å². The summed E-state index contributed by atoms with van der Waals surface area (Å²) in [6.07, 6.45) is 0. The van der Waals surface area contributed by atoms with Crippen LogP contribution in [0.5, 0.6) is 0 Å². The van der Waals surface area contributed by atoms with E-state index in [1.807, 2.05) is 60.0 Å². The van der Waals surface area contributed by atoms with Crippen molar-refractivity contribution in [3.05, 3.63) is 65.5 Å². The van der Waals surface area contributed by atoms with Crippen LogP contribution in [0, 0.1) is 0 Å². The monoisotopic (exact) mass is 399 g/mol. The number of nitrogens with zero attached hydrogens (tertiary/aromatic N) is 2. The standard InChI is InChI=1S/C21H22ClN3OS/c1-3-25(4-2)21-24-18(14-27-21)16-11-8-12-17(13-16)23-20(26)19(22)15-9-6-5-7-10-15/h5-14,19H,3-4H2,1-2H3,(H,23,26). The molecule has 0 fully saturated rings. The van der Waals surface area contributed by atoms with Gasteiger partial charge in [-0.25, -0.2) is 4.98 Å². The first-order valence-corrected chi connectivity index (χ1v) is 10.2. The Bertz CT molecular complexity index is 893. The first-order valence-electron chi connectivity index (χ1n) is 8.93. The normalized spacial score (nSPS) is 11.8. The highest BCUT2D eigenvalue weighted by atomic mass is 35.5. The minimum atomic E-state index is -0.733. The molecule has 0 bridgehead atoms. The minimum absolute atomic E-state index is 0.248. The van der Waals surface area contributed by atoms with Crippen LogP contribution >= 0.6 is 22.9 Å². The van der Waals surface area contributed by atoms with Crippen LogP contribution in [-0.4, -0.2) is 24.0 Å². The number of amides is 1. The zero-order valence-corrected chi connectivity index (χ0v) is 16.9. The van der Waals surface area contributed by atoms with Gasteiger partial charge in [0.05, 0.1) is 5.69 Å². The van der Waals surface area contributed by atoms with Crippen molar-refractivity contribution in [2.24, 2.45) is 0 Å². The number of nitrogens with one attached hydrogen (secondary N) is 1. The minimum Gasteiger partial charge on any atom is -0.349 e. The van der Waals surface area contributed by atoms with E-state index in [0.29, 0.717) is 5.69 Å². The van der Waals surface area contributed by atoms with Crippen molar-refractivity contribution >= 4 is 39.7 Å². The summed E-state index contributed by atoms with van der Waals surface area (Å²) in [5.41, 5.74) is 3.35. The van der Waals surface area contributed by atoms with Gasteiger partial charge >= 0.3 is 0 Å². The summed E-state index contributed by atoms with van der Waals surface area (Å²) in [5, 5.41) is 5.22. The molecule has 0 aliphatic rings. The summed E-state index contributed by atoms with van der Waals surface area (Å²) < 4.78 is 0. The smallest absolute Gasteiger partial charge is 0.246 e. The van der Waals surface area contributed by atoms with Gasteiger partial charge in [0.2, 0.25) is 5.91 Å². The van der Waals surface area contributed by atoms with Gasteiger partial charge in [0, 0.05) is 29.7 Å². The van der Waals surface area contributed by atoms with E-state index in [-0.39, 0.29) is 5.91 Å². The summed E-state index contributed by atoms with van der Waals surface area (Å²) in [6, 6.07) is 17.0. The zero-order valence-electron chi connectivity index (χ0n) is 15.4. The second-order valence-corrected chi connectivity index (χ2v) is 7.30. The molecule has 0 aliphatic heterocycles. The van der Waals surface area contributed by atoms with Crippen LogP contribution in [0.1, 0.15) is 24.8 Å². The Morgan fingerprint density at radius 3 is 2.59 bits per heavy atom. The molecule has 4 nitrogen and oxygen atoms in total. The Morgan fingerprint density at radius 1 is 1.15 bits per heavy atom. The quantitative estimate of drug-likeness (QED) is 0.528. The van der Waals surface area contributed by atoms with Gasteiger partial charge in [-0.05, 0) is 31.5 Å². The number of carbonyl (C=O) groups excluding carboxylic acids is 1.